The Hall–Kier alpha value is -0.271. The van der Waals surface area contributed by atoms with E-state index in [2.05, 4.69) is 16.1 Å². The molecule has 0 saturated heterocycles. The van der Waals surface area contributed by atoms with Crippen molar-refractivity contribution < 1.29 is 15.8 Å². The molecule has 0 amide bonds. The molecule has 4 N–H and O–H groups in total. The molecular formula is CH4N2O4SSe. The Kier molecular flexibility index (Phi) is 2.95. The van der Waals surface area contributed by atoms with Gasteiger partial charge in [0.05, 0.1) is 0 Å². The van der Waals surface area contributed by atoms with Crippen molar-refractivity contribution in [3.63, 3.8) is 0 Å². The molecule has 0 unspecified atom stereocenters. The van der Waals surface area contributed by atoms with Gasteiger partial charge >= 0.3 is 57.7 Å². The molecule has 0 aromatic rings. The molecule has 6 nitrogen and oxygen atoms in total. The third-order valence-electron chi connectivity index (χ3n) is 0.248. The van der Waals surface area contributed by atoms with Crippen LogP contribution in [-0.4, -0.2) is 22.7 Å². The normalized spacial score (nSPS) is 10.8. The Labute approximate surface area is 58.2 Å². The van der Waals surface area contributed by atoms with Crippen LogP contribution in [0.15, 0.2) is 0 Å². The quantitative estimate of drug-likeness (QED) is 0.281. The van der Waals surface area contributed by atoms with Crippen LogP contribution in [-0.2, 0) is 11.6 Å². The average molecular weight is 219 g/mol. The summed E-state index contributed by atoms with van der Waals surface area (Å²) in [4.78, 5) is 0. The van der Waals surface area contributed by atoms with Gasteiger partial charge in [0.25, 0.3) is 0 Å². The van der Waals surface area contributed by atoms with Crippen molar-refractivity contribution in [2.24, 2.45) is 5.73 Å². The third kappa shape index (κ3) is 7.73. The van der Waals surface area contributed by atoms with Crippen molar-refractivity contribution in [2.75, 3.05) is 0 Å². The van der Waals surface area contributed by atoms with Gasteiger partial charge in [-0.25, -0.2) is 0 Å². The van der Waals surface area contributed by atoms with Crippen LogP contribution < -0.4 is 11.2 Å². The van der Waals surface area contributed by atoms with E-state index in [4.69, 9.17) is 9.92 Å². The fourth-order valence-corrected chi connectivity index (χ4v) is 0.664. The number of hydrogen-bond acceptors (Lipinski definition) is 4. The van der Waals surface area contributed by atoms with Crippen LogP contribution in [0.4, 0.5) is 0 Å². The van der Waals surface area contributed by atoms with E-state index < -0.39 is 13.4 Å². The maximum atomic E-state index is 9.76. The van der Waals surface area contributed by atoms with Crippen LogP contribution in [0.2, 0.25) is 0 Å². The number of rotatable bonds is 2. The fourth-order valence-electron chi connectivity index (χ4n) is 0.0937. The minimum atomic E-state index is -5.16. The Bertz CT molecular complexity index is 197. The second-order valence-electron chi connectivity index (χ2n) is 0.977. The summed E-state index contributed by atoms with van der Waals surface area (Å²) in [5.74, 6) is 0. The van der Waals surface area contributed by atoms with E-state index in [9.17, 15) is 7.67 Å². The summed E-state index contributed by atoms with van der Waals surface area (Å²) < 4.78 is 31.0. The first-order valence-electron chi connectivity index (χ1n) is 1.63. The predicted octanol–water partition coefficient (Wildman–Crippen LogP) is -1.96. The number of nitrogens with one attached hydrogen (secondary N) is 1. The van der Waals surface area contributed by atoms with E-state index in [-0.39, 0.29) is 5.11 Å². The van der Waals surface area contributed by atoms with Gasteiger partial charge in [-0.15, -0.1) is 0 Å². The second-order valence-corrected chi connectivity index (χ2v) is 3.56. The van der Waals surface area contributed by atoms with Gasteiger partial charge < -0.3 is 0 Å². The molecule has 8 heteroatoms. The zero-order chi connectivity index (χ0) is 7.49. The summed E-state index contributed by atoms with van der Waals surface area (Å²) in [7, 11) is 0. The molecule has 0 radical (unpaired) electrons. The molecule has 0 heterocycles. The SMILES string of the molecule is NC(=S)NO[Se](=O)(=O)O. The van der Waals surface area contributed by atoms with E-state index in [0.29, 0.717) is 0 Å². The van der Waals surface area contributed by atoms with Crippen molar-refractivity contribution in [1.82, 2.24) is 5.48 Å². The summed E-state index contributed by atoms with van der Waals surface area (Å²) in [5, 5.41) is -0.364. The summed E-state index contributed by atoms with van der Waals surface area (Å²) >= 11 is -1.01. The number of hydroxylamine groups is 1. The van der Waals surface area contributed by atoms with Crippen molar-refractivity contribution in [3.8, 4) is 0 Å². The first-order valence-corrected chi connectivity index (χ1v) is 4.90. The molecule has 0 aromatic heterocycles. The predicted molar refractivity (Wildman–Crippen MR) is 30.4 cm³/mol. The zero-order valence-corrected chi connectivity index (χ0v) is 6.60. The van der Waals surface area contributed by atoms with E-state index in [0.717, 1.165) is 0 Å². The van der Waals surface area contributed by atoms with E-state index in [1.165, 1.54) is 0 Å². The van der Waals surface area contributed by atoms with Gasteiger partial charge in [-0.3, -0.25) is 0 Å². The van der Waals surface area contributed by atoms with Crippen LogP contribution >= 0.6 is 12.2 Å². The van der Waals surface area contributed by atoms with Gasteiger partial charge in [-0.1, -0.05) is 0 Å². The Morgan fingerprint density at radius 3 is 2.33 bits per heavy atom. The summed E-state index contributed by atoms with van der Waals surface area (Å²) in [6.45, 7) is 0. The Morgan fingerprint density at radius 2 is 2.22 bits per heavy atom. The molecule has 0 bridgehead atoms. The first-order chi connectivity index (χ1) is 3.92. The number of thiocarbonyl (C=S) groups is 1. The fraction of sp³-hybridized carbons (Fsp3) is 0. The summed E-state index contributed by atoms with van der Waals surface area (Å²) in [6, 6.07) is 0. The monoisotopic (exact) mass is 220 g/mol. The number of nitrogens with two attached hydrogens (primary N) is 1. The third-order valence-corrected chi connectivity index (χ3v) is 0.948. The standard InChI is InChI=1S/CH4N2O4SSe/c2-1(8)3-7-9(4,5)6/h(H3,2,3,8)(H,4,5,6). The molecule has 0 fully saturated rings. The van der Waals surface area contributed by atoms with Crippen molar-refractivity contribution >= 4 is 30.7 Å². The van der Waals surface area contributed by atoms with Gasteiger partial charge in [0.15, 0.2) is 0 Å². The summed E-state index contributed by atoms with van der Waals surface area (Å²) in [6.07, 6.45) is 0. The molecular weight excluding hydrogens is 215 g/mol. The minimum absolute atomic E-state index is 0.364. The average Bonchev–Trinajstić information content (AvgIpc) is 1.59. The Balaban J connectivity index is 3.67. The molecule has 54 valence electrons. The van der Waals surface area contributed by atoms with Crippen LogP contribution in [0.3, 0.4) is 0 Å². The van der Waals surface area contributed by atoms with Crippen molar-refractivity contribution in [3.05, 3.63) is 0 Å². The molecule has 0 aliphatic carbocycles. The van der Waals surface area contributed by atoms with E-state index in [1.54, 1.807) is 5.48 Å². The summed E-state index contributed by atoms with van der Waals surface area (Å²) in [5.41, 5.74) is 6.32. The number of hydrogen-bond donors (Lipinski definition) is 3. The van der Waals surface area contributed by atoms with E-state index in [1.807, 2.05) is 0 Å². The van der Waals surface area contributed by atoms with Crippen LogP contribution in [0.5, 0.6) is 0 Å². The second kappa shape index (κ2) is 3.04. The van der Waals surface area contributed by atoms with Gasteiger partial charge in [-0.2, -0.15) is 0 Å². The molecule has 0 aliphatic rings. The Morgan fingerprint density at radius 1 is 1.78 bits per heavy atom. The zero-order valence-electron chi connectivity index (χ0n) is 4.07. The van der Waals surface area contributed by atoms with Gasteiger partial charge in [0.2, 0.25) is 0 Å². The van der Waals surface area contributed by atoms with Gasteiger partial charge in [0.1, 0.15) is 0 Å². The van der Waals surface area contributed by atoms with Crippen molar-refractivity contribution in [1.29, 1.82) is 0 Å². The van der Waals surface area contributed by atoms with Crippen LogP contribution in [0.1, 0.15) is 0 Å². The molecule has 0 spiro atoms. The van der Waals surface area contributed by atoms with Crippen molar-refractivity contribution in [2.45, 2.75) is 0 Å². The topological polar surface area (TPSA) is 102 Å². The molecule has 0 aliphatic heterocycles. The molecule has 0 rings (SSSR count). The van der Waals surface area contributed by atoms with Crippen LogP contribution in [0.25, 0.3) is 0 Å². The maximum absolute atomic E-state index is 9.76. The van der Waals surface area contributed by atoms with Gasteiger partial charge in [0, 0.05) is 0 Å². The van der Waals surface area contributed by atoms with E-state index >= 15 is 0 Å². The van der Waals surface area contributed by atoms with Gasteiger partial charge in [-0.05, 0) is 0 Å². The molecule has 0 atom stereocenters. The van der Waals surface area contributed by atoms with Crippen LogP contribution in [0, 0.1) is 0 Å². The molecule has 0 aromatic carbocycles. The molecule has 0 saturated carbocycles. The molecule has 9 heavy (non-hydrogen) atoms. The first kappa shape index (κ1) is 8.73.